The van der Waals surface area contributed by atoms with Gasteiger partial charge in [0.05, 0.1) is 5.75 Å². The third-order valence-corrected chi connectivity index (χ3v) is 1.96. The van der Waals surface area contributed by atoms with Gasteiger partial charge in [-0.1, -0.05) is 0 Å². The molecule has 0 radical (unpaired) electrons. The second-order valence-electron chi connectivity index (χ2n) is 2.00. The molecule has 1 unspecified atom stereocenters. The van der Waals surface area contributed by atoms with Crippen LogP contribution in [-0.4, -0.2) is 24.1 Å². The molecule has 1 atom stereocenters. The van der Waals surface area contributed by atoms with Crippen LogP contribution in [0.4, 0.5) is 0 Å². The van der Waals surface area contributed by atoms with Crippen LogP contribution >= 0.6 is 12.6 Å². The largest absolute Gasteiger partial charge is 0.320 e. The lowest BCUT2D eigenvalue weighted by Crippen LogP contribution is -2.13. The number of rotatable bonds is 4. The predicted octanol–water partition coefficient (Wildman–Crippen LogP) is -0.131. The van der Waals surface area contributed by atoms with Crippen molar-refractivity contribution in [2.45, 2.75) is 18.2 Å². The molecule has 0 aromatic rings. The summed E-state index contributed by atoms with van der Waals surface area (Å²) in [5.74, 6) is -0.235. The topological polar surface area (TPSA) is 80.4 Å². The maximum absolute atomic E-state index is 10.1. The minimum Gasteiger partial charge on any atom is -0.320 e. The summed E-state index contributed by atoms with van der Waals surface area (Å²) < 4.78 is 28.4. The van der Waals surface area contributed by atoms with E-state index in [1.807, 2.05) is 0 Å². The molecule has 0 aromatic heterocycles. The molecule has 4 nitrogen and oxygen atoms in total. The SMILES string of the molecule is NC(S)CCCS(=O)(=O)O. The molecule has 0 spiro atoms. The molecule has 62 valence electrons. The summed E-state index contributed by atoms with van der Waals surface area (Å²) in [5.41, 5.74) is 5.21. The van der Waals surface area contributed by atoms with Gasteiger partial charge >= 0.3 is 0 Å². The Hall–Kier alpha value is 0.220. The number of nitrogens with two attached hydrogens (primary N) is 1. The second kappa shape index (κ2) is 4.17. The number of thiol groups is 1. The number of hydrogen-bond donors (Lipinski definition) is 3. The molecule has 0 heterocycles. The molecule has 0 aliphatic carbocycles. The molecule has 6 heteroatoms. The third kappa shape index (κ3) is 8.22. The van der Waals surface area contributed by atoms with E-state index in [1.54, 1.807) is 0 Å². The Morgan fingerprint density at radius 3 is 2.40 bits per heavy atom. The molecule has 0 aromatic carbocycles. The van der Waals surface area contributed by atoms with Crippen molar-refractivity contribution in [3.05, 3.63) is 0 Å². The summed E-state index contributed by atoms with van der Waals surface area (Å²) >= 11 is 3.83. The van der Waals surface area contributed by atoms with E-state index in [1.165, 1.54) is 0 Å². The molecular weight excluding hydrogens is 174 g/mol. The van der Waals surface area contributed by atoms with Gasteiger partial charge in [0.15, 0.2) is 0 Å². The van der Waals surface area contributed by atoms with Gasteiger partial charge in [-0.05, 0) is 12.8 Å². The van der Waals surface area contributed by atoms with Gasteiger partial charge in [-0.2, -0.15) is 21.0 Å². The summed E-state index contributed by atoms with van der Waals surface area (Å²) in [6, 6.07) is 0. The van der Waals surface area contributed by atoms with Crippen molar-refractivity contribution in [3.63, 3.8) is 0 Å². The van der Waals surface area contributed by atoms with Gasteiger partial charge in [-0.15, -0.1) is 0 Å². The van der Waals surface area contributed by atoms with Crippen LogP contribution in [0.2, 0.25) is 0 Å². The van der Waals surface area contributed by atoms with Crippen LogP contribution in [0.5, 0.6) is 0 Å². The minimum atomic E-state index is -3.81. The van der Waals surface area contributed by atoms with Gasteiger partial charge in [0, 0.05) is 5.37 Å². The summed E-state index contributed by atoms with van der Waals surface area (Å²) in [4.78, 5) is 0. The maximum Gasteiger partial charge on any atom is 0.264 e. The van der Waals surface area contributed by atoms with Crippen LogP contribution in [0.25, 0.3) is 0 Å². The first kappa shape index (κ1) is 10.2. The van der Waals surface area contributed by atoms with Crippen LogP contribution in [0, 0.1) is 0 Å². The van der Waals surface area contributed by atoms with Crippen LogP contribution in [0.3, 0.4) is 0 Å². The molecule has 3 N–H and O–H groups in total. The van der Waals surface area contributed by atoms with Gasteiger partial charge in [0.1, 0.15) is 0 Å². The van der Waals surface area contributed by atoms with Crippen molar-refractivity contribution in [2.75, 3.05) is 5.75 Å². The standard InChI is InChI=1S/C4H11NO3S2/c5-4(9)2-1-3-10(6,7)8/h4,9H,1-3,5H2,(H,6,7,8). The van der Waals surface area contributed by atoms with E-state index >= 15 is 0 Å². The highest BCUT2D eigenvalue weighted by Crippen LogP contribution is 1.99. The Morgan fingerprint density at radius 1 is 1.60 bits per heavy atom. The van der Waals surface area contributed by atoms with E-state index in [0.717, 1.165) is 0 Å². The quantitative estimate of drug-likeness (QED) is 0.324. The first-order chi connectivity index (χ1) is 4.42. The maximum atomic E-state index is 10.1. The van der Waals surface area contributed by atoms with E-state index in [2.05, 4.69) is 12.6 Å². The molecule has 10 heavy (non-hydrogen) atoms. The van der Waals surface area contributed by atoms with E-state index in [4.69, 9.17) is 10.3 Å². The first-order valence-electron chi connectivity index (χ1n) is 2.80. The van der Waals surface area contributed by atoms with E-state index in [9.17, 15) is 8.42 Å². The van der Waals surface area contributed by atoms with Crippen LogP contribution in [-0.2, 0) is 10.1 Å². The summed E-state index contributed by atoms with van der Waals surface area (Å²) in [5, 5.41) is -0.304. The highest BCUT2D eigenvalue weighted by molar-refractivity contribution is 7.85. The van der Waals surface area contributed by atoms with Crippen molar-refractivity contribution in [1.82, 2.24) is 0 Å². The van der Waals surface area contributed by atoms with Gasteiger partial charge in [0.2, 0.25) is 0 Å². The fourth-order valence-electron chi connectivity index (χ4n) is 0.475. The van der Waals surface area contributed by atoms with Gasteiger partial charge in [0.25, 0.3) is 10.1 Å². The van der Waals surface area contributed by atoms with Crippen molar-refractivity contribution >= 4 is 22.7 Å². The van der Waals surface area contributed by atoms with E-state index < -0.39 is 10.1 Å². The Labute approximate surface area is 66.0 Å². The zero-order chi connectivity index (χ0) is 8.20. The van der Waals surface area contributed by atoms with E-state index in [-0.39, 0.29) is 11.1 Å². The van der Waals surface area contributed by atoms with Crippen molar-refractivity contribution in [2.24, 2.45) is 5.73 Å². The molecule has 0 saturated heterocycles. The fourth-order valence-corrected chi connectivity index (χ4v) is 1.19. The van der Waals surface area contributed by atoms with Gasteiger partial charge < -0.3 is 5.73 Å². The third-order valence-electron chi connectivity index (χ3n) is 0.902. The smallest absolute Gasteiger partial charge is 0.264 e. The highest BCUT2D eigenvalue weighted by Gasteiger charge is 2.04. The average molecular weight is 185 g/mol. The molecule has 0 aliphatic heterocycles. The van der Waals surface area contributed by atoms with Gasteiger partial charge in [-0.3, -0.25) is 4.55 Å². The molecule has 0 amide bonds. The summed E-state index contributed by atoms with van der Waals surface area (Å²) in [6.45, 7) is 0. The molecule has 0 saturated carbocycles. The first-order valence-corrected chi connectivity index (χ1v) is 4.93. The Kier molecular flexibility index (Phi) is 4.26. The number of hydrogen-bond acceptors (Lipinski definition) is 4. The molecule has 0 fully saturated rings. The van der Waals surface area contributed by atoms with Gasteiger partial charge in [-0.25, -0.2) is 0 Å². The fraction of sp³-hybridized carbons (Fsp3) is 1.00. The average Bonchev–Trinajstić information content (AvgIpc) is 1.59. The van der Waals surface area contributed by atoms with E-state index in [0.29, 0.717) is 12.8 Å². The zero-order valence-corrected chi connectivity index (χ0v) is 7.11. The van der Waals surface area contributed by atoms with Crippen molar-refractivity contribution in [1.29, 1.82) is 0 Å². The molecule has 0 aliphatic rings. The van der Waals surface area contributed by atoms with Crippen LogP contribution in [0.1, 0.15) is 12.8 Å². The summed E-state index contributed by atoms with van der Waals surface area (Å²) in [6.07, 6.45) is 0.840. The van der Waals surface area contributed by atoms with Crippen LogP contribution < -0.4 is 5.73 Å². The molecule has 0 rings (SSSR count). The lowest BCUT2D eigenvalue weighted by atomic mass is 10.3. The minimum absolute atomic E-state index is 0.235. The van der Waals surface area contributed by atoms with Crippen molar-refractivity contribution < 1.29 is 13.0 Å². The lowest BCUT2D eigenvalue weighted by molar-refractivity contribution is 0.480. The summed E-state index contributed by atoms with van der Waals surface area (Å²) in [7, 11) is -3.81. The lowest BCUT2D eigenvalue weighted by Gasteiger charge is -2.00. The van der Waals surface area contributed by atoms with Crippen molar-refractivity contribution in [3.8, 4) is 0 Å². The second-order valence-corrected chi connectivity index (χ2v) is 4.23. The van der Waals surface area contributed by atoms with Crippen LogP contribution in [0.15, 0.2) is 0 Å². The molecular formula is C4H11NO3S2. The zero-order valence-electron chi connectivity index (χ0n) is 5.40. The predicted molar refractivity (Wildman–Crippen MR) is 42.6 cm³/mol. The normalized spacial score (nSPS) is 15.1. The molecule has 0 bridgehead atoms. The Morgan fingerprint density at radius 2 is 2.10 bits per heavy atom. The Bertz CT molecular complexity index is 175. The Balaban J connectivity index is 3.39. The monoisotopic (exact) mass is 185 g/mol. The highest BCUT2D eigenvalue weighted by atomic mass is 32.2.